The molecule has 8 heteroatoms. The Labute approximate surface area is 153 Å². The van der Waals surface area contributed by atoms with Crippen LogP contribution < -0.4 is 5.32 Å². The van der Waals surface area contributed by atoms with Gasteiger partial charge < -0.3 is 10.1 Å². The Morgan fingerprint density at radius 1 is 1.17 bits per heavy atom. The van der Waals surface area contributed by atoms with Gasteiger partial charge in [0, 0.05) is 37.5 Å². The van der Waals surface area contributed by atoms with Crippen molar-refractivity contribution in [3.05, 3.63) is 43.0 Å². The molecule has 1 aromatic carbocycles. The summed E-state index contributed by atoms with van der Waals surface area (Å²) in [6, 6.07) is 7.99. The van der Waals surface area contributed by atoms with Crippen LogP contribution in [0, 0.1) is 0 Å². The van der Waals surface area contributed by atoms with Crippen LogP contribution in [-0.4, -0.2) is 39.3 Å². The normalized spacial score (nSPS) is 10.0. The van der Waals surface area contributed by atoms with Crippen LogP contribution in [0.15, 0.2) is 43.0 Å². The Bertz CT molecular complexity index is 736. The van der Waals surface area contributed by atoms with Crippen LogP contribution in [0.4, 0.5) is 5.82 Å². The zero-order valence-corrected chi connectivity index (χ0v) is 15.0. The first-order chi connectivity index (χ1) is 10.9. The maximum Gasteiger partial charge on any atom is 0.237 e. The molecule has 0 aliphatic heterocycles. The highest BCUT2D eigenvalue weighted by Gasteiger charge is 2.08. The van der Waals surface area contributed by atoms with Gasteiger partial charge in [-0.2, -0.15) is 4.98 Å². The minimum Gasteiger partial charge on any atom is -0.382 e. The first-order valence-corrected chi connectivity index (χ1v) is 7.45. The van der Waals surface area contributed by atoms with Crippen LogP contribution in [0.1, 0.15) is 13.3 Å². The van der Waals surface area contributed by atoms with Gasteiger partial charge in [0.1, 0.15) is 12.1 Å². The van der Waals surface area contributed by atoms with E-state index in [4.69, 9.17) is 4.74 Å². The number of halogens is 2. The summed E-state index contributed by atoms with van der Waals surface area (Å²) in [6.07, 6.45) is 6.19. The largest absolute Gasteiger partial charge is 0.382 e. The summed E-state index contributed by atoms with van der Waals surface area (Å²) in [7, 11) is 0. The fraction of sp³-hybridized carbons (Fsp3) is 0.312. The van der Waals surface area contributed by atoms with Crippen molar-refractivity contribution in [1.82, 2.24) is 19.5 Å². The van der Waals surface area contributed by atoms with Crippen molar-refractivity contribution in [1.29, 1.82) is 0 Å². The van der Waals surface area contributed by atoms with Crippen molar-refractivity contribution in [3.8, 4) is 5.95 Å². The number of imidazole rings is 1. The number of aromatic nitrogens is 4. The first kappa shape index (κ1) is 20.2. The highest BCUT2D eigenvalue weighted by atomic mass is 35.5. The number of para-hydroxylation sites is 1. The molecule has 0 unspecified atom stereocenters. The molecule has 3 aromatic rings. The second-order valence-corrected chi connectivity index (χ2v) is 4.84. The molecule has 0 aliphatic rings. The van der Waals surface area contributed by atoms with E-state index in [-0.39, 0.29) is 24.8 Å². The highest BCUT2D eigenvalue weighted by Crippen LogP contribution is 2.21. The monoisotopic (exact) mass is 369 g/mol. The third-order valence-corrected chi connectivity index (χ3v) is 3.29. The van der Waals surface area contributed by atoms with Crippen LogP contribution in [0.2, 0.25) is 0 Å². The van der Waals surface area contributed by atoms with Crippen LogP contribution in [0.5, 0.6) is 0 Å². The van der Waals surface area contributed by atoms with E-state index < -0.39 is 0 Å². The number of anilines is 1. The molecular formula is C16H21Cl2N5O. The fourth-order valence-corrected chi connectivity index (χ4v) is 2.22. The van der Waals surface area contributed by atoms with Gasteiger partial charge >= 0.3 is 0 Å². The quantitative estimate of drug-likeness (QED) is 0.645. The van der Waals surface area contributed by atoms with Crippen molar-refractivity contribution < 1.29 is 4.74 Å². The van der Waals surface area contributed by atoms with Crippen molar-refractivity contribution in [2.75, 3.05) is 25.1 Å². The average Bonchev–Trinajstić information content (AvgIpc) is 3.09. The lowest BCUT2D eigenvalue weighted by Gasteiger charge is -2.11. The number of hydrogen-bond donors (Lipinski definition) is 1. The van der Waals surface area contributed by atoms with Gasteiger partial charge in [0.25, 0.3) is 0 Å². The summed E-state index contributed by atoms with van der Waals surface area (Å²) in [5, 5.41) is 4.40. The standard InChI is InChI=1S/C16H19N5O.2ClH/c1-2-22-11-5-8-18-15-13-6-3-4-7-14(13)19-16(20-15)21-10-9-17-12-21;;/h3-4,6-7,9-10,12H,2,5,8,11H2,1H3,(H,18,19,20);2*1H. The van der Waals surface area contributed by atoms with Gasteiger partial charge in [-0.05, 0) is 25.5 Å². The number of benzene rings is 1. The second-order valence-electron chi connectivity index (χ2n) is 4.84. The van der Waals surface area contributed by atoms with Crippen molar-refractivity contribution in [2.45, 2.75) is 13.3 Å². The maximum absolute atomic E-state index is 5.36. The maximum atomic E-state index is 5.36. The van der Waals surface area contributed by atoms with E-state index >= 15 is 0 Å². The number of fused-ring (bicyclic) bond motifs is 1. The van der Waals surface area contributed by atoms with Crippen LogP contribution >= 0.6 is 24.8 Å². The number of nitrogens with one attached hydrogen (secondary N) is 1. The summed E-state index contributed by atoms with van der Waals surface area (Å²) in [6.45, 7) is 4.31. The Balaban J connectivity index is 0.00000144. The molecule has 0 saturated heterocycles. The molecule has 0 fully saturated rings. The zero-order chi connectivity index (χ0) is 15.2. The van der Waals surface area contributed by atoms with E-state index in [1.807, 2.05) is 37.4 Å². The van der Waals surface area contributed by atoms with E-state index in [9.17, 15) is 0 Å². The summed E-state index contributed by atoms with van der Waals surface area (Å²) < 4.78 is 7.16. The summed E-state index contributed by atoms with van der Waals surface area (Å²) in [5.74, 6) is 1.45. The van der Waals surface area contributed by atoms with E-state index in [1.54, 1.807) is 17.1 Å². The van der Waals surface area contributed by atoms with Gasteiger partial charge in [-0.1, -0.05) is 12.1 Å². The van der Waals surface area contributed by atoms with Crippen molar-refractivity contribution in [3.63, 3.8) is 0 Å². The Kier molecular flexibility index (Phi) is 8.46. The van der Waals surface area contributed by atoms with Gasteiger partial charge in [-0.25, -0.2) is 9.97 Å². The molecule has 1 N–H and O–H groups in total. The fourth-order valence-electron chi connectivity index (χ4n) is 2.22. The predicted octanol–water partition coefficient (Wildman–Crippen LogP) is 3.50. The van der Waals surface area contributed by atoms with E-state index in [0.717, 1.165) is 42.9 Å². The molecule has 0 bridgehead atoms. The average molecular weight is 370 g/mol. The third kappa shape index (κ3) is 4.80. The van der Waals surface area contributed by atoms with Crippen molar-refractivity contribution >= 4 is 41.5 Å². The van der Waals surface area contributed by atoms with Crippen LogP contribution in [0.3, 0.4) is 0 Å². The Morgan fingerprint density at radius 2 is 2.00 bits per heavy atom. The number of ether oxygens (including phenoxy) is 1. The molecular weight excluding hydrogens is 349 g/mol. The third-order valence-electron chi connectivity index (χ3n) is 3.29. The van der Waals surface area contributed by atoms with E-state index in [0.29, 0.717) is 5.95 Å². The van der Waals surface area contributed by atoms with Crippen LogP contribution in [-0.2, 0) is 4.74 Å². The summed E-state index contributed by atoms with van der Waals surface area (Å²) in [5.41, 5.74) is 0.911. The van der Waals surface area contributed by atoms with Gasteiger partial charge in [0.2, 0.25) is 5.95 Å². The minimum absolute atomic E-state index is 0. The zero-order valence-electron chi connectivity index (χ0n) is 13.4. The molecule has 2 aromatic heterocycles. The van der Waals surface area contributed by atoms with Crippen LogP contribution in [0.25, 0.3) is 16.9 Å². The lowest BCUT2D eigenvalue weighted by Crippen LogP contribution is -2.09. The summed E-state index contributed by atoms with van der Waals surface area (Å²) in [4.78, 5) is 13.3. The molecule has 0 radical (unpaired) electrons. The molecule has 130 valence electrons. The Hall–Kier alpha value is -1.89. The molecule has 3 rings (SSSR count). The molecule has 0 aliphatic carbocycles. The van der Waals surface area contributed by atoms with Gasteiger partial charge in [-0.3, -0.25) is 4.57 Å². The molecule has 24 heavy (non-hydrogen) atoms. The lowest BCUT2D eigenvalue weighted by molar-refractivity contribution is 0.147. The van der Waals surface area contributed by atoms with E-state index in [1.165, 1.54) is 0 Å². The number of hydrogen-bond acceptors (Lipinski definition) is 5. The van der Waals surface area contributed by atoms with Gasteiger partial charge in [0.15, 0.2) is 0 Å². The molecule has 0 saturated carbocycles. The smallest absolute Gasteiger partial charge is 0.237 e. The molecule has 2 heterocycles. The van der Waals surface area contributed by atoms with Crippen molar-refractivity contribution in [2.24, 2.45) is 0 Å². The summed E-state index contributed by atoms with van der Waals surface area (Å²) >= 11 is 0. The Morgan fingerprint density at radius 3 is 2.75 bits per heavy atom. The number of nitrogens with zero attached hydrogens (tertiary/aromatic N) is 4. The predicted molar refractivity (Wildman–Crippen MR) is 101 cm³/mol. The molecule has 0 atom stereocenters. The highest BCUT2D eigenvalue weighted by molar-refractivity contribution is 5.89. The van der Waals surface area contributed by atoms with Gasteiger partial charge in [-0.15, -0.1) is 24.8 Å². The molecule has 0 amide bonds. The second kappa shape index (κ2) is 10.1. The SMILES string of the molecule is CCOCCCNc1nc(-n2ccnc2)nc2ccccc12.Cl.Cl. The number of rotatable bonds is 7. The molecule has 6 nitrogen and oxygen atoms in total. The van der Waals surface area contributed by atoms with E-state index in [2.05, 4.69) is 20.3 Å². The van der Waals surface area contributed by atoms with Gasteiger partial charge in [0.05, 0.1) is 5.52 Å². The lowest BCUT2D eigenvalue weighted by atomic mass is 10.2. The minimum atomic E-state index is 0. The molecule has 0 spiro atoms. The first-order valence-electron chi connectivity index (χ1n) is 7.45. The topological polar surface area (TPSA) is 64.9 Å².